The highest BCUT2D eigenvalue weighted by atomic mass is 16.2. The van der Waals surface area contributed by atoms with E-state index in [9.17, 15) is 4.79 Å². The minimum absolute atomic E-state index is 0.224. The van der Waals surface area contributed by atoms with Gasteiger partial charge in [-0.1, -0.05) is 38.1 Å². The van der Waals surface area contributed by atoms with E-state index in [-0.39, 0.29) is 11.3 Å². The number of amides is 1. The van der Waals surface area contributed by atoms with Crippen molar-refractivity contribution in [3.8, 4) is 0 Å². The van der Waals surface area contributed by atoms with Gasteiger partial charge in [0.05, 0.1) is 6.21 Å². The van der Waals surface area contributed by atoms with Crippen molar-refractivity contribution in [2.24, 2.45) is 22.9 Å². The third kappa shape index (κ3) is 3.52. The number of aromatic amines is 1. The highest BCUT2D eigenvalue weighted by molar-refractivity contribution is 5.93. The zero-order valence-electron chi connectivity index (χ0n) is 17.3. The summed E-state index contributed by atoms with van der Waals surface area (Å²) < 4.78 is 0. The molecular formula is C24H30N4O. The van der Waals surface area contributed by atoms with Gasteiger partial charge in [-0.3, -0.25) is 9.89 Å². The fourth-order valence-corrected chi connectivity index (χ4v) is 6.34. The Labute approximate surface area is 172 Å². The average molecular weight is 391 g/mol. The Morgan fingerprint density at radius 3 is 2.34 bits per heavy atom. The van der Waals surface area contributed by atoms with Crippen LogP contribution < -0.4 is 5.43 Å². The number of H-pyrrole nitrogens is 1. The molecule has 2 N–H and O–H groups in total. The average Bonchev–Trinajstić information content (AvgIpc) is 3.18. The van der Waals surface area contributed by atoms with Gasteiger partial charge in [-0.2, -0.15) is 10.2 Å². The van der Waals surface area contributed by atoms with Crippen molar-refractivity contribution in [1.29, 1.82) is 0 Å². The summed E-state index contributed by atoms with van der Waals surface area (Å²) >= 11 is 0. The summed E-state index contributed by atoms with van der Waals surface area (Å²) in [6, 6.07) is 10.2. The second-order valence-electron chi connectivity index (χ2n) is 9.89. The van der Waals surface area contributed by atoms with Crippen molar-refractivity contribution in [1.82, 2.24) is 15.6 Å². The molecule has 0 radical (unpaired) electrons. The van der Waals surface area contributed by atoms with Crippen molar-refractivity contribution in [2.45, 2.75) is 63.7 Å². The molecule has 5 nitrogen and oxygen atoms in total. The van der Waals surface area contributed by atoms with Gasteiger partial charge in [-0.15, -0.1) is 0 Å². The number of benzene rings is 1. The molecule has 29 heavy (non-hydrogen) atoms. The zero-order valence-corrected chi connectivity index (χ0v) is 17.3. The lowest BCUT2D eigenvalue weighted by atomic mass is 9.49. The molecule has 1 heterocycles. The first-order chi connectivity index (χ1) is 14.0. The van der Waals surface area contributed by atoms with Crippen LogP contribution in [-0.2, 0) is 5.41 Å². The van der Waals surface area contributed by atoms with Gasteiger partial charge >= 0.3 is 0 Å². The Bertz CT molecular complexity index is 889. The molecule has 0 spiro atoms. The first kappa shape index (κ1) is 18.6. The molecule has 1 aromatic heterocycles. The molecule has 0 aliphatic heterocycles. The molecule has 152 valence electrons. The number of aromatic nitrogens is 2. The Morgan fingerprint density at radius 1 is 1.14 bits per heavy atom. The number of hydrogen-bond acceptors (Lipinski definition) is 3. The van der Waals surface area contributed by atoms with Gasteiger partial charge < -0.3 is 0 Å². The van der Waals surface area contributed by atoms with Crippen molar-refractivity contribution in [3.05, 3.63) is 52.8 Å². The van der Waals surface area contributed by atoms with Crippen LogP contribution in [0.15, 0.2) is 35.4 Å². The van der Waals surface area contributed by atoms with Crippen molar-refractivity contribution in [3.63, 3.8) is 0 Å². The monoisotopic (exact) mass is 390 g/mol. The number of carbonyl (C=O) groups is 1. The normalized spacial score (nSPS) is 30.4. The summed E-state index contributed by atoms with van der Waals surface area (Å²) in [6.45, 7) is 4.34. The maximum atomic E-state index is 12.5. The quantitative estimate of drug-likeness (QED) is 0.570. The number of nitrogens with zero attached hydrogens (tertiary/aromatic N) is 2. The van der Waals surface area contributed by atoms with E-state index in [4.69, 9.17) is 0 Å². The Hall–Kier alpha value is -2.43. The maximum Gasteiger partial charge on any atom is 0.291 e. The molecule has 5 heteroatoms. The molecule has 6 rings (SSSR count). The third-order valence-corrected chi connectivity index (χ3v) is 7.40. The van der Waals surface area contributed by atoms with Crippen LogP contribution in [0.25, 0.3) is 0 Å². The second kappa shape index (κ2) is 7.12. The predicted molar refractivity (Wildman–Crippen MR) is 114 cm³/mol. The van der Waals surface area contributed by atoms with Gasteiger partial charge in [0, 0.05) is 11.1 Å². The van der Waals surface area contributed by atoms with Gasteiger partial charge in [0.1, 0.15) is 0 Å². The van der Waals surface area contributed by atoms with Gasteiger partial charge in [0.2, 0.25) is 0 Å². The van der Waals surface area contributed by atoms with Crippen molar-refractivity contribution < 1.29 is 4.79 Å². The Balaban J connectivity index is 1.24. The summed E-state index contributed by atoms with van der Waals surface area (Å²) in [5.41, 5.74) is 6.69. The maximum absolute atomic E-state index is 12.5. The highest BCUT2D eigenvalue weighted by Crippen LogP contribution is 2.60. The SMILES string of the molecule is CC(C)c1ccc(C=NNC(=O)c2cc(C34CC5CC(CC(C5)C3)C4)[nH]n2)cc1. The fourth-order valence-electron chi connectivity index (χ4n) is 6.34. The number of nitrogens with one attached hydrogen (secondary N) is 2. The molecule has 2 aromatic rings. The van der Waals surface area contributed by atoms with E-state index in [0.29, 0.717) is 11.6 Å². The number of rotatable bonds is 5. The van der Waals surface area contributed by atoms with Crippen LogP contribution in [0.4, 0.5) is 0 Å². The van der Waals surface area contributed by atoms with E-state index in [0.717, 1.165) is 29.0 Å². The standard InChI is InChI=1S/C24H30N4O/c1-15(2)20-5-3-16(4-6-20)14-25-28-23(29)21-10-22(27-26-21)24-11-17-7-18(12-24)9-19(8-17)13-24/h3-6,10,14-15,17-19H,7-9,11-13H2,1-2H3,(H,26,27)(H,28,29). The third-order valence-electron chi connectivity index (χ3n) is 7.40. The number of hydrazone groups is 1. The molecule has 1 amide bonds. The van der Waals surface area contributed by atoms with Crippen LogP contribution in [0.2, 0.25) is 0 Å². The molecule has 0 saturated heterocycles. The van der Waals surface area contributed by atoms with Crippen LogP contribution in [0.1, 0.15) is 85.6 Å². The number of hydrogen-bond donors (Lipinski definition) is 2. The van der Waals surface area contributed by atoms with Gasteiger partial charge in [-0.05, 0) is 79.4 Å². The van der Waals surface area contributed by atoms with E-state index >= 15 is 0 Å². The first-order valence-electron chi connectivity index (χ1n) is 11.0. The van der Waals surface area contributed by atoms with Crippen LogP contribution in [0, 0.1) is 17.8 Å². The molecule has 4 bridgehead atoms. The lowest BCUT2D eigenvalue weighted by Crippen LogP contribution is -2.48. The van der Waals surface area contributed by atoms with Gasteiger partial charge in [0.25, 0.3) is 5.91 Å². The van der Waals surface area contributed by atoms with E-state index in [1.807, 2.05) is 18.2 Å². The summed E-state index contributed by atoms with van der Waals surface area (Å²) in [6.07, 6.45) is 9.68. The van der Waals surface area contributed by atoms with Crippen molar-refractivity contribution >= 4 is 12.1 Å². The summed E-state index contributed by atoms with van der Waals surface area (Å²) in [7, 11) is 0. The highest BCUT2D eigenvalue weighted by Gasteiger charge is 2.52. The van der Waals surface area contributed by atoms with Crippen LogP contribution in [0.5, 0.6) is 0 Å². The molecule has 1 aromatic carbocycles. The topological polar surface area (TPSA) is 70.1 Å². The molecule has 4 aliphatic rings. The van der Waals surface area contributed by atoms with Crippen molar-refractivity contribution in [2.75, 3.05) is 0 Å². The molecule has 4 aliphatic carbocycles. The lowest BCUT2D eigenvalue weighted by Gasteiger charge is -2.56. The summed E-state index contributed by atoms with van der Waals surface area (Å²) in [5, 5.41) is 11.6. The lowest BCUT2D eigenvalue weighted by molar-refractivity contribution is -0.00721. The first-order valence-corrected chi connectivity index (χ1v) is 11.0. The van der Waals surface area contributed by atoms with Gasteiger partial charge in [0.15, 0.2) is 5.69 Å². The second-order valence-corrected chi connectivity index (χ2v) is 9.89. The van der Waals surface area contributed by atoms with Gasteiger partial charge in [-0.25, -0.2) is 5.43 Å². The summed E-state index contributed by atoms with van der Waals surface area (Å²) in [4.78, 5) is 12.5. The minimum atomic E-state index is -0.257. The molecular weight excluding hydrogens is 360 g/mol. The summed E-state index contributed by atoms with van der Waals surface area (Å²) in [5.74, 6) is 2.85. The largest absolute Gasteiger partial charge is 0.291 e. The Kier molecular flexibility index (Phi) is 4.56. The predicted octanol–water partition coefficient (Wildman–Crippen LogP) is 4.76. The smallest absolute Gasteiger partial charge is 0.281 e. The molecule has 4 saturated carbocycles. The van der Waals surface area contributed by atoms with E-state index in [2.05, 4.69) is 46.7 Å². The molecule has 0 atom stereocenters. The van der Waals surface area contributed by atoms with E-state index in [1.54, 1.807) is 6.21 Å². The van der Waals surface area contributed by atoms with Crippen LogP contribution in [-0.4, -0.2) is 22.3 Å². The fraction of sp³-hybridized carbons (Fsp3) is 0.542. The van der Waals surface area contributed by atoms with E-state index in [1.165, 1.54) is 44.1 Å². The molecule has 4 fully saturated rings. The van der Waals surface area contributed by atoms with E-state index < -0.39 is 0 Å². The Morgan fingerprint density at radius 2 is 1.76 bits per heavy atom. The zero-order chi connectivity index (χ0) is 20.0. The van der Waals surface area contributed by atoms with Crippen LogP contribution in [0.3, 0.4) is 0 Å². The number of carbonyl (C=O) groups excluding carboxylic acids is 1. The van der Waals surface area contributed by atoms with Crippen LogP contribution >= 0.6 is 0 Å². The minimum Gasteiger partial charge on any atom is -0.281 e. The molecule has 0 unspecified atom stereocenters.